The summed E-state index contributed by atoms with van der Waals surface area (Å²) in [7, 11) is 0. The Morgan fingerprint density at radius 1 is 1.14 bits per heavy atom. The molecule has 2 nitrogen and oxygen atoms in total. The molecule has 0 radical (unpaired) electrons. The van der Waals surface area contributed by atoms with E-state index < -0.39 is 0 Å². The zero-order valence-electron chi connectivity index (χ0n) is 13.0. The molecule has 0 saturated heterocycles. The monoisotopic (exact) mass is 315 g/mol. The van der Waals surface area contributed by atoms with Crippen LogP contribution in [0.5, 0.6) is 5.75 Å². The standard InChI is InChI=1S/C19H22ClNO/c1-14-10-11-16(12-21-14)22-13-15-6-2-3-7-17(15)18-8-4-5-9-19(18)20/h4-5,8-12,15,17H,2-3,6-7,13H2,1H3. The molecule has 2 atom stereocenters. The van der Waals surface area contributed by atoms with Crippen molar-refractivity contribution in [1.29, 1.82) is 0 Å². The number of benzene rings is 1. The number of ether oxygens (including phenoxy) is 1. The van der Waals surface area contributed by atoms with E-state index in [-0.39, 0.29) is 0 Å². The van der Waals surface area contributed by atoms with Gasteiger partial charge in [-0.1, -0.05) is 42.6 Å². The van der Waals surface area contributed by atoms with E-state index in [1.807, 2.05) is 37.4 Å². The van der Waals surface area contributed by atoms with Crippen LogP contribution in [0, 0.1) is 12.8 Å². The summed E-state index contributed by atoms with van der Waals surface area (Å²) in [5, 5.41) is 0.886. The maximum absolute atomic E-state index is 6.41. The molecular formula is C19H22ClNO. The lowest BCUT2D eigenvalue weighted by atomic mass is 9.76. The summed E-state index contributed by atoms with van der Waals surface area (Å²) in [6.07, 6.45) is 6.77. The minimum atomic E-state index is 0.501. The first-order valence-corrected chi connectivity index (χ1v) is 8.42. The van der Waals surface area contributed by atoms with Crippen molar-refractivity contribution < 1.29 is 4.74 Å². The van der Waals surface area contributed by atoms with E-state index >= 15 is 0 Å². The lowest BCUT2D eigenvalue weighted by Crippen LogP contribution is -2.24. The minimum Gasteiger partial charge on any atom is -0.492 e. The highest BCUT2D eigenvalue weighted by atomic mass is 35.5. The normalized spacial score (nSPS) is 21.5. The maximum atomic E-state index is 6.41. The zero-order valence-corrected chi connectivity index (χ0v) is 13.7. The molecule has 1 heterocycles. The van der Waals surface area contributed by atoms with Crippen LogP contribution in [-0.4, -0.2) is 11.6 Å². The van der Waals surface area contributed by atoms with Crippen molar-refractivity contribution in [2.75, 3.05) is 6.61 Å². The fraction of sp³-hybridized carbons (Fsp3) is 0.421. The number of pyridine rings is 1. The van der Waals surface area contributed by atoms with Crippen molar-refractivity contribution in [1.82, 2.24) is 4.98 Å². The van der Waals surface area contributed by atoms with Crippen LogP contribution >= 0.6 is 11.6 Å². The Morgan fingerprint density at radius 2 is 1.95 bits per heavy atom. The Balaban J connectivity index is 1.70. The fourth-order valence-electron chi connectivity index (χ4n) is 3.34. The summed E-state index contributed by atoms with van der Waals surface area (Å²) < 4.78 is 5.99. The van der Waals surface area contributed by atoms with Crippen LogP contribution in [0.3, 0.4) is 0 Å². The molecule has 3 rings (SSSR count). The van der Waals surface area contributed by atoms with Crippen molar-refractivity contribution in [3.63, 3.8) is 0 Å². The Morgan fingerprint density at radius 3 is 2.73 bits per heavy atom. The van der Waals surface area contributed by atoms with Crippen LogP contribution in [-0.2, 0) is 0 Å². The Kier molecular flexibility index (Phi) is 4.99. The number of halogens is 1. The first-order chi connectivity index (χ1) is 10.7. The lowest BCUT2D eigenvalue weighted by Gasteiger charge is -2.32. The third-order valence-electron chi connectivity index (χ3n) is 4.56. The van der Waals surface area contributed by atoms with Crippen LogP contribution in [0.4, 0.5) is 0 Å². The molecule has 116 valence electrons. The number of rotatable bonds is 4. The van der Waals surface area contributed by atoms with Crippen molar-refractivity contribution in [3.8, 4) is 5.75 Å². The first kappa shape index (κ1) is 15.4. The predicted molar refractivity (Wildman–Crippen MR) is 90.6 cm³/mol. The quantitative estimate of drug-likeness (QED) is 0.754. The van der Waals surface area contributed by atoms with Crippen LogP contribution < -0.4 is 4.74 Å². The van der Waals surface area contributed by atoms with Crippen molar-refractivity contribution in [2.45, 2.75) is 38.5 Å². The molecule has 0 amide bonds. The first-order valence-electron chi connectivity index (χ1n) is 8.04. The van der Waals surface area contributed by atoms with Gasteiger partial charge in [-0.3, -0.25) is 4.98 Å². The van der Waals surface area contributed by atoms with E-state index in [0.29, 0.717) is 11.8 Å². The molecule has 1 saturated carbocycles. The molecule has 0 N–H and O–H groups in total. The van der Waals surface area contributed by atoms with Gasteiger partial charge in [0.15, 0.2) is 0 Å². The van der Waals surface area contributed by atoms with Gasteiger partial charge < -0.3 is 4.74 Å². The maximum Gasteiger partial charge on any atom is 0.137 e. The highest BCUT2D eigenvalue weighted by Gasteiger charge is 2.28. The molecule has 2 aromatic rings. The number of hydrogen-bond acceptors (Lipinski definition) is 2. The third kappa shape index (κ3) is 3.61. The van der Waals surface area contributed by atoms with E-state index in [9.17, 15) is 0 Å². The molecule has 3 heteroatoms. The minimum absolute atomic E-state index is 0.501. The summed E-state index contributed by atoms with van der Waals surface area (Å²) in [5.74, 6) is 1.88. The van der Waals surface area contributed by atoms with Gasteiger partial charge in [-0.05, 0) is 55.4 Å². The van der Waals surface area contributed by atoms with E-state index in [2.05, 4.69) is 17.1 Å². The lowest BCUT2D eigenvalue weighted by molar-refractivity contribution is 0.186. The SMILES string of the molecule is Cc1ccc(OCC2CCCCC2c2ccccc2Cl)cn1. The van der Waals surface area contributed by atoms with Gasteiger partial charge in [-0.25, -0.2) is 0 Å². The summed E-state index contributed by atoms with van der Waals surface area (Å²) in [6, 6.07) is 12.2. The summed E-state index contributed by atoms with van der Waals surface area (Å²) >= 11 is 6.41. The summed E-state index contributed by atoms with van der Waals surface area (Å²) in [4.78, 5) is 4.29. The highest BCUT2D eigenvalue weighted by molar-refractivity contribution is 6.31. The van der Waals surface area contributed by atoms with Crippen molar-refractivity contribution in [2.24, 2.45) is 5.92 Å². The van der Waals surface area contributed by atoms with Crippen LogP contribution in [0.15, 0.2) is 42.6 Å². The average Bonchev–Trinajstić information content (AvgIpc) is 2.55. The second kappa shape index (κ2) is 7.15. The third-order valence-corrected chi connectivity index (χ3v) is 4.91. The van der Waals surface area contributed by atoms with E-state index in [1.54, 1.807) is 0 Å². The Bertz CT molecular complexity index is 611. The van der Waals surface area contributed by atoms with Gasteiger partial charge in [-0.2, -0.15) is 0 Å². The second-order valence-corrected chi connectivity index (χ2v) is 6.53. The number of aryl methyl sites for hydroxylation is 1. The molecule has 0 aliphatic heterocycles. The Labute approximate surface area is 137 Å². The van der Waals surface area contributed by atoms with Crippen LogP contribution in [0.25, 0.3) is 0 Å². The van der Waals surface area contributed by atoms with Gasteiger partial charge in [0.2, 0.25) is 0 Å². The number of aromatic nitrogens is 1. The largest absolute Gasteiger partial charge is 0.492 e. The summed E-state index contributed by atoms with van der Waals surface area (Å²) in [6.45, 7) is 2.72. The summed E-state index contributed by atoms with van der Waals surface area (Å²) in [5.41, 5.74) is 2.29. The van der Waals surface area contributed by atoms with Gasteiger partial charge in [0.25, 0.3) is 0 Å². The number of hydrogen-bond donors (Lipinski definition) is 0. The topological polar surface area (TPSA) is 22.1 Å². The second-order valence-electron chi connectivity index (χ2n) is 6.12. The predicted octanol–water partition coefficient (Wildman–Crippen LogP) is 5.40. The average molecular weight is 316 g/mol. The highest BCUT2D eigenvalue weighted by Crippen LogP contribution is 2.40. The van der Waals surface area contributed by atoms with E-state index in [4.69, 9.17) is 16.3 Å². The molecule has 1 aliphatic rings. The van der Waals surface area contributed by atoms with E-state index in [1.165, 1.54) is 31.2 Å². The molecule has 2 unspecified atom stereocenters. The number of nitrogens with zero attached hydrogens (tertiary/aromatic N) is 1. The van der Waals surface area contributed by atoms with Crippen molar-refractivity contribution >= 4 is 11.6 Å². The smallest absolute Gasteiger partial charge is 0.137 e. The Hall–Kier alpha value is -1.54. The van der Waals surface area contributed by atoms with Crippen LogP contribution in [0.2, 0.25) is 5.02 Å². The molecule has 0 spiro atoms. The van der Waals surface area contributed by atoms with Gasteiger partial charge >= 0.3 is 0 Å². The molecule has 1 aromatic heterocycles. The van der Waals surface area contributed by atoms with Gasteiger partial charge in [0.05, 0.1) is 12.8 Å². The van der Waals surface area contributed by atoms with Crippen LogP contribution in [0.1, 0.15) is 42.9 Å². The molecular weight excluding hydrogens is 294 g/mol. The van der Waals surface area contributed by atoms with Gasteiger partial charge in [0.1, 0.15) is 5.75 Å². The molecule has 1 fully saturated rings. The fourth-order valence-corrected chi connectivity index (χ4v) is 3.61. The molecule has 1 aliphatic carbocycles. The van der Waals surface area contributed by atoms with Gasteiger partial charge in [0, 0.05) is 10.7 Å². The van der Waals surface area contributed by atoms with Crippen molar-refractivity contribution in [3.05, 3.63) is 58.9 Å². The molecule has 0 bridgehead atoms. The molecule has 22 heavy (non-hydrogen) atoms. The zero-order chi connectivity index (χ0) is 15.4. The molecule has 1 aromatic carbocycles. The van der Waals surface area contributed by atoms with Gasteiger partial charge in [-0.15, -0.1) is 0 Å². The van der Waals surface area contributed by atoms with E-state index in [0.717, 1.165) is 23.1 Å².